The van der Waals surface area contributed by atoms with E-state index in [0.29, 0.717) is 24.5 Å². The molecule has 0 unspecified atom stereocenters. The summed E-state index contributed by atoms with van der Waals surface area (Å²) in [5.74, 6) is -0.148. The third-order valence-corrected chi connectivity index (χ3v) is 2.91. The molecule has 0 fully saturated rings. The van der Waals surface area contributed by atoms with Gasteiger partial charge in [-0.3, -0.25) is 4.79 Å². The van der Waals surface area contributed by atoms with Gasteiger partial charge in [0.25, 0.3) is 5.91 Å². The van der Waals surface area contributed by atoms with Crippen molar-refractivity contribution < 1.29 is 13.9 Å². The van der Waals surface area contributed by atoms with Crippen molar-refractivity contribution in [1.29, 1.82) is 0 Å². The van der Waals surface area contributed by atoms with E-state index in [0.717, 1.165) is 0 Å². The number of aromatic nitrogens is 2. The number of carbonyl (C=O) groups excluding carboxylic acids is 1. The van der Waals surface area contributed by atoms with Crippen molar-refractivity contribution in [3.8, 4) is 0 Å². The van der Waals surface area contributed by atoms with Crippen LogP contribution in [-0.4, -0.2) is 36.1 Å². The van der Waals surface area contributed by atoms with Crippen molar-refractivity contribution in [2.45, 2.75) is 6.54 Å². The highest BCUT2D eigenvalue weighted by Gasteiger charge is 2.08. The van der Waals surface area contributed by atoms with Crippen LogP contribution >= 0.6 is 0 Å². The lowest BCUT2D eigenvalue weighted by Gasteiger charge is -2.08. The molecule has 6 nitrogen and oxygen atoms in total. The lowest BCUT2D eigenvalue weighted by atomic mass is 10.2. The molecular weight excluding hydrogens is 287 g/mol. The summed E-state index contributed by atoms with van der Waals surface area (Å²) < 4.78 is 18.4. The number of nitrogens with one attached hydrogen (secondary N) is 2. The lowest BCUT2D eigenvalue weighted by Crippen LogP contribution is -2.27. The van der Waals surface area contributed by atoms with Crippen molar-refractivity contribution in [2.75, 3.05) is 25.6 Å². The molecule has 0 saturated heterocycles. The summed E-state index contributed by atoms with van der Waals surface area (Å²) >= 11 is 0. The van der Waals surface area contributed by atoms with Crippen molar-refractivity contribution in [3.05, 3.63) is 53.7 Å². The molecule has 0 saturated carbocycles. The maximum atomic E-state index is 13.5. The summed E-state index contributed by atoms with van der Waals surface area (Å²) in [6, 6.07) is 7.98. The number of rotatable bonds is 7. The molecule has 1 heterocycles. The molecule has 22 heavy (non-hydrogen) atoms. The van der Waals surface area contributed by atoms with Crippen LogP contribution in [0.3, 0.4) is 0 Å². The molecule has 0 aliphatic rings. The van der Waals surface area contributed by atoms with E-state index in [1.807, 2.05) is 0 Å². The quantitative estimate of drug-likeness (QED) is 0.760. The van der Waals surface area contributed by atoms with Crippen LogP contribution in [0.15, 0.2) is 36.7 Å². The number of hydrogen-bond acceptors (Lipinski definition) is 5. The fourth-order valence-electron chi connectivity index (χ4n) is 1.76. The third kappa shape index (κ3) is 4.49. The van der Waals surface area contributed by atoms with Gasteiger partial charge in [-0.15, -0.1) is 0 Å². The molecule has 2 rings (SSSR count). The normalized spacial score (nSPS) is 10.3. The van der Waals surface area contributed by atoms with Gasteiger partial charge in [0.05, 0.1) is 6.61 Å². The van der Waals surface area contributed by atoms with Crippen LogP contribution in [0.5, 0.6) is 0 Å². The van der Waals surface area contributed by atoms with Crippen molar-refractivity contribution in [2.24, 2.45) is 0 Å². The Kier molecular flexibility index (Phi) is 5.79. The van der Waals surface area contributed by atoms with E-state index in [9.17, 15) is 9.18 Å². The number of amides is 1. The van der Waals surface area contributed by atoms with E-state index in [1.165, 1.54) is 18.5 Å². The first-order valence-corrected chi connectivity index (χ1v) is 6.77. The number of halogens is 1. The van der Waals surface area contributed by atoms with Gasteiger partial charge in [0, 0.05) is 31.8 Å². The summed E-state index contributed by atoms with van der Waals surface area (Å²) in [5, 5.41) is 5.64. The topological polar surface area (TPSA) is 76.1 Å². The second-order valence-corrected chi connectivity index (χ2v) is 4.48. The molecule has 0 atom stereocenters. The standard InChI is InChI=1S/C15H17FN4O2/c1-22-7-6-17-15(21)13-8-14(20-10-19-13)18-9-11-4-2-3-5-12(11)16/h2-5,8,10H,6-7,9H2,1H3,(H,17,21)(H,18,19,20). The Hall–Kier alpha value is -2.54. The first-order chi connectivity index (χ1) is 10.7. The predicted molar refractivity (Wildman–Crippen MR) is 80.0 cm³/mol. The van der Waals surface area contributed by atoms with Gasteiger partial charge in [0.15, 0.2) is 0 Å². The monoisotopic (exact) mass is 304 g/mol. The Morgan fingerprint density at radius 3 is 2.91 bits per heavy atom. The molecule has 0 spiro atoms. The lowest BCUT2D eigenvalue weighted by molar-refractivity contribution is 0.0932. The number of benzene rings is 1. The molecular formula is C15H17FN4O2. The number of methoxy groups -OCH3 is 1. The molecule has 1 aromatic heterocycles. The minimum absolute atomic E-state index is 0.238. The van der Waals surface area contributed by atoms with E-state index in [-0.39, 0.29) is 24.0 Å². The highest BCUT2D eigenvalue weighted by molar-refractivity contribution is 5.92. The number of anilines is 1. The number of ether oxygens (including phenoxy) is 1. The van der Waals surface area contributed by atoms with Gasteiger partial charge in [-0.2, -0.15) is 0 Å². The van der Waals surface area contributed by atoms with Gasteiger partial charge < -0.3 is 15.4 Å². The average molecular weight is 304 g/mol. The van der Waals surface area contributed by atoms with E-state index in [1.54, 1.807) is 25.3 Å². The molecule has 116 valence electrons. The Bertz CT molecular complexity index is 636. The van der Waals surface area contributed by atoms with Crippen LogP contribution in [0.2, 0.25) is 0 Å². The fourth-order valence-corrected chi connectivity index (χ4v) is 1.76. The van der Waals surface area contributed by atoms with E-state index < -0.39 is 0 Å². The van der Waals surface area contributed by atoms with Crippen molar-refractivity contribution >= 4 is 11.7 Å². The minimum atomic E-state index is -0.312. The molecule has 0 aliphatic carbocycles. The van der Waals surface area contributed by atoms with Gasteiger partial charge in [-0.25, -0.2) is 14.4 Å². The summed E-state index contributed by atoms with van der Waals surface area (Å²) in [6.45, 7) is 1.10. The van der Waals surface area contributed by atoms with Gasteiger partial charge in [-0.1, -0.05) is 18.2 Å². The summed E-state index contributed by atoms with van der Waals surface area (Å²) in [4.78, 5) is 19.8. The average Bonchev–Trinajstić information content (AvgIpc) is 2.54. The SMILES string of the molecule is COCCNC(=O)c1cc(NCc2ccccc2F)ncn1. The third-order valence-electron chi connectivity index (χ3n) is 2.91. The maximum absolute atomic E-state index is 13.5. The smallest absolute Gasteiger partial charge is 0.270 e. The second kappa shape index (κ2) is 8.04. The Morgan fingerprint density at radius 1 is 1.32 bits per heavy atom. The van der Waals surface area contributed by atoms with E-state index in [4.69, 9.17) is 4.74 Å². The highest BCUT2D eigenvalue weighted by atomic mass is 19.1. The second-order valence-electron chi connectivity index (χ2n) is 4.48. The Balaban J connectivity index is 1.96. The van der Waals surface area contributed by atoms with Crippen LogP contribution in [0.4, 0.5) is 10.2 Å². The van der Waals surface area contributed by atoms with Gasteiger partial charge >= 0.3 is 0 Å². The first-order valence-electron chi connectivity index (χ1n) is 6.77. The van der Waals surface area contributed by atoms with Crippen LogP contribution in [-0.2, 0) is 11.3 Å². The van der Waals surface area contributed by atoms with Gasteiger partial charge in [0.2, 0.25) is 0 Å². The van der Waals surface area contributed by atoms with Gasteiger partial charge in [-0.05, 0) is 6.07 Å². The predicted octanol–water partition coefficient (Wildman–Crippen LogP) is 1.60. The van der Waals surface area contributed by atoms with Gasteiger partial charge in [0.1, 0.15) is 23.7 Å². The molecule has 0 aliphatic heterocycles. The van der Waals surface area contributed by atoms with Crippen LogP contribution in [0.25, 0.3) is 0 Å². The molecule has 0 bridgehead atoms. The molecule has 7 heteroatoms. The number of hydrogen-bond donors (Lipinski definition) is 2. The molecule has 0 radical (unpaired) electrons. The molecule has 1 aromatic carbocycles. The number of nitrogens with zero attached hydrogens (tertiary/aromatic N) is 2. The summed E-state index contributed by atoms with van der Waals surface area (Å²) in [5.41, 5.74) is 0.759. The van der Waals surface area contributed by atoms with Crippen molar-refractivity contribution in [3.63, 3.8) is 0 Å². The number of carbonyl (C=O) groups is 1. The van der Waals surface area contributed by atoms with E-state index in [2.05, 4.69) is 20.6 Å². The zero-order valence-electron chi connectivity index (χ0n) is 12.2. The molecule has 2 aromatic rings. The minimum Gasteiger partial charge on any atom is -0.383 e. The van der Waals surface area contributed by atoms with E-state index >= 15 is 0 Å². The van der Waals surface area contributed by atoms with Crippen LogP contribution in [0.1, 0.15) is 16.1 Å². The fraction of sp³-hybridized carbons (Fsp3) is 0.267. The van der Waals surface area contributed by atoms with Crippen LogP contribution in [0, 0.1) is 5.82 Å². The first kappa shape index (κ1) is 15.8. The van der Waals surface area contributed by atoms with Crippen LogP contribution < -0.4 is 10.6 Å². The Morgan fingerprint density at radius 2 is 2.14 bits per heavy atom. The van der Waals surface area contributed by atoms with Crippen molar-refractivity contribution in [1.82, 2.24) is 15.3 Å². The zero-order valence-corrected chi connectivity index (χ0v) is 12.2. The largest absolute Gasteiger partial charge is 0.383 e. The summed E-state index contributed by atoms with van der Waals surface area (Å²) in [7, 11) is 1.56. The highest BCUT2D eigenvalue weighted by Crippen LogP contribution is 2.10. The zero-order chi connectivity index (χ0) is 15.8. The molecule has 2 N–H and O–H groups in total. The Labute approximate surface area is 127 Å². The summed E-state index contributed by atoms with van der Waals surface area (Å²) in [6.07, 6.45) is 1.29. The maximum Gasteiger partial charge on any atom is 0.270 e. The molecule has 1 amide bonds.